The second kappa shape index (κ2) is 17.5. The average molecular weight is 514 g/mol. The number of aromatic nitrogens is 3. The topological polar surface area (TPSA) is 63.9 Å². The van der Waals surface area contributed by atoms with Crippen LogP contribution in [0.2, 0.25) is 0 Å². The summed E-state index contributed by atoms with van der Waals surface area (Å²) >= 11 is 0. The molecule has 1 atom stereocenters. The summed E-state index contributed by atoms with van der Waals surface area (Å²) in [5.74, 6) is 2.46. The molecule has 1 N–H and O–H groups in total. The third kappa shape index (κ3) is 10.1. The van der Waals surface area contributed by atoms with Crippen molar-refractivity contribution in [1.82, 2.24) is 14.6 Å². The van der Waals surface area contributed by atoms with Crippen molar-refractivity contribution in [2.24, 2.45) is 11.8 Å². The van der Waals surface area contributed by atoms with Crippen LogP contribution in [0, 0.1) is 11.8 Å². The highest BCUT2D eigenvalue weighted by molar-refractivity contribution is 5.74. The molecule has 7 heteroatoms. The van der Waals surface area contributed by atoms with E-state index in [0.717, 1.165) is 60.2 Å². The standard InChI is InChI=1S/C23H33N5O2.C5H12.C2H6/c1-16(2)22(30-6)10-9-17(3)26-21-12-20(14-28-23(21)24-15-25-28)27-11-7-8-19(13-27)18(4)29-5;1-3-5-4-2;1-2/h9-10,12,14-16,19,26H,4,7-8,11,13H2,1-3,5-6H3;3-5H2,1-2H3;1-2H3/b17-9+,22-10+;;. The molecule has 0 radical (unpaired) electrons. The van der Waals surface area contributed by atoms with Crippen LogP contribution in [-0.2, 0) is 9.47 Å². The lowest BCUT2D eigenvalue weighted by molar-refractivity contribution is 0.229. The lowest BCUT2D eigenvalue weighted by atomic mass is 9.96. The van der Waals surface area contributed by atoms with Crippen LogP contribution < -0.4 is 10.2 Å². The second-order valence-electron chi connectivity index (χ2n) is 9.35. The molecule has 1 unspecified atom stereocenters. The van der Waals surface area contributed by atoms with E-state index in [0.29, 0.717) is 11.8 Å². The van der Waals surface area contributed by atoms with Crippen LogP contribution in [0.15, 0.2) is 54.5 Å². The first kappa shape index (κ1) is 32.1. The Labute approximate surface area is 225 Å². The predicted molar refractivity (Wildman–Crippen MR) is 158 cm³/mol. The molecular weight excluding hydrogens is 462 g/mol. The summed E-state index contributed by atoms with van der Waals surface area (Å²) in [7, 11) is 3.40. The number of hydrogen-bond donors (Lipinski definition) is 1. The largest absolute Gasteiger partial charge is 0.501 e. The number of anilines is 2. The zero-order valence-corrected chi connectivity index (χ0v) is 24.8. The van der Waals surface area contributed by atoms with Crippen molar-refractivity contribution in [3.63, 3.8) is 0 Å². The molecule has 1 saturated heterocycles. The summed E-state index contributed by atoms with van der Waals surface area (Å²) in [6.07, 6.45) is 13.9. The van der Waals surface area contributed by atoms with Crippen molar-refractivity contribution >= 4 is 17.0 Å². The molecule has 208 valence electrons. The Hall–Kier alpha value is -2.96. The van der Waals surface area contributed by atoms with E-state index in [1.54, 1.807) is 20.5 Å². The first-order valence-electron chi connectivity index (χ1n) is 13.8. The van der Waals surface area contributed by atoms with Gasteiger partial charge in [-0.25, -0.2) is 9.50 Å². The maximum atomic E-state index is 5.45. The molecule has 37 heavy (non-hydrogen) atoms. The molecule has 1 aliphatic heterocycles. The van der Waals surface area contributed by atoms with E-state index in [1.807, 2.05) is 43.6 Å². The van der Waals surface area contributed by atoms with Crippen LogP contribution in [-0.4, -0.2) is 41.9 Å². The van der Waals surface area contributed by atoms with Gasteiger partial charge in [0.05, 0.1) is 43.3 Å². The molecule has 3 heterocycles. The van der Waals surface area contributed by atoms with Crippen molar-refractivity contribution in [3.05, 3.63) is 54.5 Å². The normalized spacial score (nSPS) is 15.9. The average Bonchev–Trinajstić information content (AvgIpc) is 3.39. The SMILES string of the molecule is C=C(OC)C1CCCN(c2cc(N/C(C)=C/C=C(/OC)C(C)C)c3ncnn3c2)C1.CC.CCCCC. The third-order valence-corrected chi connectivity index (χ3v) is 6.21. The molecule has 0 bridgehead atoms. The minimum absolute atomic E-state index is 0.333. The van der Waals surface area contributed by atoms with Gasteiger partial charge in [-0.15, -0.1) is 0 Å². The molecular formula is C30H51N5O2. The molecule has 0 spiro atoms. The molecule has 0 amide bonds. The molecule has 3 rings (SSSR count). The van der Waals surface area contributed by atoms with Gasteiger partial charge in [0.25, 0.3) is 0 Å². The minimum atomic E-state index is 0.333. The Morgan fingerprint density at radius 3 is 2.46 bits per heavy atom. The van der Waals surface area contributed by atoms with Crippen molar-refractivity contribution < 1.29 is 9.47 Å². The van der Waals surface area contributed by atoms with Gasteiger partial charge in [0.2, 0.25) is 0 Å². The molecule has 2 aromatic rings. The predicted octanol–water partition coefficient (Wildman–Crippen LogP) is 7.83. The molecule has 0 saturated carbocycles. The number of pyridine rings is 1. The Kier molecular flexibility index (Phi) is 15.2. The van der Waals surface area contributed by atoms with Gasteiger partial charge in [-0.1, -0.05) is 67.4 Å². The number of fused-ring (bicyclic) bond motifs is 1. The van der Waals surface area contributed by atoms with E-state index in [-0.39, 0.29) is 0 Å². The van der Waals surface area contributed by atoms with Crippen molar-refractivity contribution in [2.45, 2.75) is 80.6 Å². The fourth-order valence-corrected chi connectivity index (χ4v) is 4.13. The Bertz CT molecular complexity index is 991. The zero-order chi connectivity index (χ0) is 27.8. The molecule has 0 aliphatic carbocycles. The van der Waals surface area contributed by atoms with Gasteiger partial charge < -0.3 is 19.7 Å². The van der Waals surface area contributed by atoms with Gasteiger partial charge in [0.15, 0.2) is 5.65 Å². The molecule has 1 aliphatic rings. The summed E-state index contributed by atoms with van der Waals surface area (Å²) in [6, 6.07) is 2.14. The van der Waals surface area contributed by atoms with Crippen LogP contribution >= 0.6 is 0 Å². The summed E-state index contributed by atoms with van der Waals surface area (Å²) in [4.78, 5) is 6.79. The van der Waals surface area contributed by atoms with Crippen LogP contribution in [0.1, 0.15) is 80.6 Å². The van der Waals surface area contributed by atoms with Gasteiger partial charge in [0.1, 0.15) is 6.33 Å². The highest BCUT2D eigenvalue weighted by atomic mass is 16.5. The van der Waals surface area contributed by atoms with Crippen LogP contribution in [0.25, 0.3) is 5.65 Å². The summed E-state index contributed by atoms with van der Waals surface area (Å²) in [6.45, 7) is 20.6. The fourth-order valence-electron chi connectivity index (χ4n) is 4.13. The Morgan fingerprint density at radius 2 is 1.89 bits per heavy atom. The van der Waals surface area contributed by atoms with Crippen molar-refractivity contribution in [2.75, 3.05) is 37.5 Å². The van der Waals surface area contributed by atoms with Crippen LogP contribution in [0.5, 0.6) is 0 Å². The van der Waals surface area contributed by atoms with Gasteiger partial charge in [-0.2, -0.15) is 5.10 Å². The first-order chi connectivity index (χ1) is 17.8. The highest BCUT2D eigenvalue weighted by Gasteiger charge is 2.24. The number of nitrogens with one attached hydrogen (secondary N) is 1. The maximum Gasteiger partial charge on any atom is 0.178 e. The number of rotatable bonds is 10. The summed E-state index contributed by atoms with van der Waals surface area (Å²) in [5, 5.41) is 7.85. The fraction of sp³-hybridized carbons (Fsp3) is 0.600. The summed E-state index contributed by atoms with van der Waals surface area (Å²) in [5.41, 5.74) is 3.81. The monoisotopic (exact) mass is 513 g/mol. The van der Waals surface area contributed by atoms with E-state index in [2.05, 4.69) is 60.6 Å². The highest BCUT2D eigenvalue weighted by Crippen LogP contribution is 2.30. The Morgan fingerprint density at radius 1 is 1.19 bits per heavy atom. The van der Waals surface area contributed by atoms with Gasteiger partial charge >= 0.3 is 0 Å². The maximum absolute atomic E-state index is 5.45. The van der Waals surface area contributed by atoms with E-state index in [4.69, 9.17) is 9.47 Å². The Balaban J connectivity index is 0.000000874. The molecule has 7 nitrogen and oxygen atoms in total. The quantitative estimate of drug-likeness (QED) is 0.258. The molecule has 2 aromatic heterocycles. The minimum Gasteiger partial charge on any atom is -0.501 e. The van der Waals surface area contributed by atoms with Crippen LogP contribution in [0.4, 0.5) is 11.4 Å². The first-order valence-corrected chi connectivity index (χ1v) is 13.8. The van der Waals surface area contributed by atoms with E-state index >= 15 is 0 Å². The zero-order valence-electron chi connectivity index (χ0n) is 24.8. The number of piperidine rings is 1. The van der Waals surface area contributed by atoms with Gasteiger partial charge in [-0.05, 0) is 38.0 Å². The van der Waals surface area contributed by atoms with Crippen molar-refractivity contribution in [1.29, 1.82) is 0 Å². The molecule has 1 fully saturated rings. The second-order valence-corrected chi connectivity index (χ2v) is 9.35. The van der Waals surface area contributed by atoms with E-state index < -0.39 is 0 Å². The number of hydrogen-bond acceptors (Lipinski definition) is 6. The summed E-state index contributed by atoms with van der Waals surface area (Å²) < 4.78 is 12.7. The van der Waals surface area contributed by atoms with Crippen LogP contribution in [0.3, 0.4) is 0 Å². The number of allylic oxidation sites excluding steroid dienone is 4. The van der Waals surface area contributed by atoms with Gasteiger partial charge in [0, 0.05) is 30.6 Å². The van der Waals surface area contributed by atoms with Crippen molar-refractivity contribution in [3.8, 4) is 0 Å². The lowest BCUT2D eigenvalue weighted by Crippen LogP contribution is -2.36. The number of methoxy groups -OCH3 is 2. The number of ether oxygens (including phenoxy) is 2. The smallest absolute Gasteiger partial charge is 0.178 e. The van der Waals surface area contributed by atoms with E-state index in [1.165, 1.54) is 19.3 Å². The number of unbranched alkanes of at least 4 members (excludes halogenated alkanes) is 2. The van der Waals surface area contributed by atoms with E-state index in [9.17, 15) is 0 Å². The lowest BCUT2D eigenvalue weighted by Gasteiger charge is -2.34. The van der Waals surface area contributed by atoms with Gasteiger partial charge in [-0.3, -0.25) is 0 Å². The third-order valence-electron chi connectivity index (χ3n) is 6.21. The number of nitrogens with zero attached hydrogens (tertiary/aromatic N) is 4. The molecule has 0 aromatic carbocycles.